The number of nitrogens with zero attached hydrogens (tertiary/aromatic N) is 1. The molecule has 0 saturated heterocycles. The molecule has 0 bridgehead atoms. The van der Waals surface area contributed by atoms with Crippen LogP contribution in [0.2, 0.25) is 0 Å². The van der Waals surface area contributed by atoms with E-state index >= 15 is 0 Å². The van der Waals surface area contributed by atoms with E-state index in [0.717, 1.165) is 11.3 Å². The van der Waals surface area contributed by atoms with Crippen LogP contribution in [0.15, 0.2) is 42.5 Å². The summed E-state index contributed by atoms with van der Waals surface area (Å²) in [6.07, 6.45) is -0.491. The molecule has 3 rings (SSSR count). The number of hydrogen-bond acceptors (Lipinski definition) is 4. The van der Waals surface area contributed by atoms with Gasteiger partial charge in [0, 0.05) is 5.69 Å². The van der Waals surface area contributed by atoms with Gasteiger partial charge in [-0.05, 0) is 48.7 Å². The van der Waals surface area contributed by atoms with Crippen LogP contribution in [0, 0.1) is 12.8 Å². The van der Waals surface area contributed by atoms with E-state index in [1.165, 1.54) is 0 Å². The van der Waals surface area contributed by atoms with Crippen LogP contribution in [0.4, 0.5) is 11.4 Å². The van der Waals surface area contributed by atoms with Crippen molar-refractivity contribution >= 4 is 17.3 Å². The summed E-state index contributed by atoms with van der Waals surface area (Å²) in [5.74, 6) is 1.51. The van der Waals surface area contributed by atoms with E-state index in [1.807, 2.05) is 51.1 Å². The zero-order valence-electron chi connectivity index (χ0n) is 14.9. The molecular weight excluding hydrogens is 316 g/mol. The maximum Gasteiger partial charge on any atom is 0.268 e. The Bertz CT molecular complexity index is 773. The molecule has 1 amide bonds. The Balaban J connectivity index is 1.78. The largest absolute Gasteiger partial charge is 0.492 e. The van der Waals surface area contributed by atoms with Crippen molar-refractivity contribution in [3.8, 4) is 11.5 Å². The van der Waals surface area contributed by atoms with E-state index in [2.05, 4.69) is 0 Å². The third-order valence-corrected chi connectivity index (χ3v) is 4.22. The molecule has 1 aliphatic rings. The molecule has 5 nitrogen and oxygen atoms in total. The molecule has 2 aromatic carbocycles. The predicted octanol–water partition coefficient (Wildman–Crippen LogP) is 3.41. The van der Waals surface area contributed by atoms with Crippen molar-refractivity contribution in [3.63, 3.8) is 0 Å². The lowest BCUT2D eigenvalue weighted by Crippen LogP contribution is -2.49. The van der Waals surface area contributed by atoms with Crippen molar-refractivity contribution in [3.05, 3.63) is 48.0 Å². The van der Waals surface area contributed by atoms with Crippen LogP contribution < -0.4 is 20.1 Å². The standard InChI is InChI=1S/C20H24N2O3/c1-13(2)19-20(23)22(17-12-15(21)7-8-18(17)25-19)9-10-24-16-6-4-5-14(3)11-16/h4-8,11-13,19H,9-10,21H2,1-3H3. The quantitative estimate of drug-likeness (QED) is 0.847. The van der Waals surface area contributed by atoms with Gasteiger partial charge in [-0.25, -0.2) is 0 Å². The summed E-state index contributed by atoms with van der Waals surface area (Å²) in [6.45, 7) is 6.81. The average Bonchev–Trinajstić information content (AvgIpc) is 2.56. The molecule has 132 valence electrons. The number of benzene rings is 2. The summed E-state index contributed by atoms with van der Waals surface area (Å²) in [5, 5.41) is 0. The van der Waals surface area contributed by atoms with Gasteiger partial charge in [0.25, 0.3) is 5.91 Å². The molecule has 1 unspecified atom stereocenters. The molecule has 25 heavy (non-hydrogen) atoms. The number of carbonyl (C=O) groups excluding carboxylic acids is 1. The molecule has 5 heteroatoms. The fourth-order valence-electron chi connectivity index (χ4n) is 2.92. The van der Waals surface area contributed by atoms with Crippen LogP contribution >= 0.6 is 0 Å². The van der Waals surface area contributed by atoms with E-state index in [9.17, 15) is 4.79 Å². The number of fused-ring (bicyclic) bond motifs is 1. The van der Waals surface area contributed by atoms with Gasteiger partial charge in [-0.1, -0.05) is 26.0 Å². The van der Waals surface area contributed by atoms with Crippen LogP contribution in [0.3, 0.4) is 0 Å². The number of rotatable bonds is 5. The molecule has 1 heterocycles. The van der Waals surface area contributed by atoms with Crippen molar-refractivity contribution in [2.24, 2.45) is 5.92 Å². The summed E-state index contributed by atoms with van der Waals surface area (Å²) < 4.78 is 11.7. The lowest BCUT2D eigenvalue weighted by Gasteiger charge is -2.36. The minimum Gasteiger partial charge on any atom is -0.492 e. The van der Waals surface area contributed by atoms with Crippen LogP contribution in [-0.4, -0.2) is 25.2 Å². The first-order chi connectivity index (χ1) is 12.0. The highest BCUT2D eigenvalue weighted by atomic mass is 16.5. The van der Waals surface area contributed by atoms with Gasteiger partial charge < -0.3 is 20.1 Å². The number of aryl methyl sites for hydroxylation is 1. The van der Waals surface area contributed by atoms with E-state index in [-0.39, 0.29) is 11.8 Å². The maximum absolute atomic E-state index is 12.8. The van der Waals surface area contributed by atoms with Crippen LogP contribution in [0.25, 0.3) is 0 Å². The second kappa shape index (κ2) is 7.05. The Morgan fingerprint density at radius 1 is 1.24 bits per heavy atom. The van der Waals surface area contributed by atoms with E-state index in [1.54, 1.807) is 17.0 Å². The Labute approximate surface area is 148 Å². The normalized spacial score (nSPS) is 16.6. The van der Waals surface area contributed by atoms with Crippen molar-refractivity contribution in [2.45, 2.75) is 26.9 Å². The zero-order valence-corrected chi connectivity index (χ0v) is 14.9. The number of hydrogen-bond donors (Lipinski definition) is 1. The molecule has 1 atom stereocenters. The third kappa shape index (κ3) is 3.71. The van der Waals surface area contributed by atoms with Gasteiger partial charge >= 0.3 is 0 Å². The van der Waals surface area contributed by atoms with Gasteiger partial charge in [0.2, 0.25) is 0 Å². The van der Waals surface area contributed by atoms with Gasteiger partial charge in [-0.3, -0.25) is 4.79 Å². The van der Waals surface area contributed by atoms with Gasteiger partial charge in [-0.15, -0.1) is 0 Å². The fourth-order valence-corrected chi connectivity index (χ4v) is 2.92. The van der Waals surface area contributed by atoms with Gasteiger partial charge in [0.1, 0.15) is 18.1 Å². The summed E-state index contributed by atoms with van der Waals surface area (Å²) >= 11 is 0. The molecule has 2 N–H and O–H groups in total. The van der Waals surface area contributed by atoms with Crippen molar-refractivity contribution in [1.82, 2.24) is 0 Å². The van der Waals surface area contributed by atoms with E-state index in [4.69, 9.17) is 15.2 Å². The maximum atomic E-state index is 12.8. The molecule has 0 saturated carbocycles. The highest BCUT2D eigenvalue weighted by Gasteiger charge is 2.36. The first kappa shape index (κ1) is 17.1. The number of nitrogen functional groups attached to an aromatic ring is 1. The molecule has 1 aliphatic heterocycles. The van der Waals surface area contributed by atoms with E-state index in [0.29, 0.717) is 30.3 Å². The number of ether oxygens (including phenoxy) is 2. The predicted molar refractivity (Wildman–Crippen MR) is 99.1 cm³/mol. The smallest absolute Gasteiger partial charge is 0.268 e. The van der Waals surface area contributed by atoms with Gasteiger partial charge in [-0.2, -0.15) is 0 Å². The van der Waals surface area contributed by atoms with Crippen molar-refractivity contribution in [2.75, 3.05) is 23.8 Å². The van der Waals surface area contributed by atoms with Gasteiger partial charge in [0.05, 0.1) is 12.2 Å². The van der Waals surface area contributed by atoms with E-state index < -0.39 is 6.10 Å². The highest BCUT2D eigenvalue weighted by Crippen LogP contribution is 2.37. The second-order valence-electron chi connectivity index (χ2n) is 6.66. The molecule has 0 aromatic heterocycles. The summed E-state index contributed by atoms with van der Waals surface area (Å²) in [5.41, 5.74) is 8.34. The molecule has 0 aliphatic carbocycles. The topological polar surface area (TPSA) is 64.8 Å². The Morgan fingerprint density at radius 2 is 2.04 bits per heavy atom. The van der Waals surface area contributed by atoms with Crippen LogP contribution in [0.5, 0.6) is 11.5 Å². The Kier molecular flexibility index (Phi) is 4.83. The molecule has 0 spiro atoms. The summed E-state index contributed by atoms with van der Waals surface area (Å²) in [4.78, 5) is 14.6. The lowest BCUT2D eigenvalue weighted by atomic mass is 10.0. The summed E-state index contributed by atoms with van der Waals surface area (Å²) in [7, 11) is 0. The minimum absolute atomic E-state index is 0.0547. The first-order valence-electron chi connectivity index (χ1n) is 8.52. The number of anilines is 2. The molecule has 0 radical (unpaired) electrons. The van der Waals surface area contributed by atoms with Gasteiger partial charge in [0.15, 0.2) is 6.10 Å². The summed E-state index contributed by atoms with van der Waals surface area (Å²) in [6, 6.07) is 13.2. The monoisotopic (exact) mass is 340 g/mol. The van der Waals surface area contributed by atoms with Crippen molar-refractivity contribution in [1.29, 1.82) is 0 Å². The van der Waals surface area contributed by atoms with Crippen molar-refractivity contribution < 1.29 is 14.3 Å². The first-order valence-corrected chi connectivity index (χ1v) is 8.52. The Morgan fingerprint density at radius 3 is 2.76 bits per heavy atom. The Hall–Kier alpha value is -2.69. The SMILES string of the molecule is Cc1cccc(OCCN2C(=O)C(C(C)C)Oc3ccc(N)cc32)c1. The average molecular weight is 340 g/mol. The molecule has 2 aromatic rings. The number of nitrogens with two attached hydrogens (primary N) is 1. The third-order valence-electron chi connectivity index (χ3n) is 4.22. The lowest BCUT2D eigenvalue weighted by molar-refractivity contribution is -0.128. The highest BCUT2D eigenvalue weighted by molar-refractivity contribution is 6.00. The van der Waals surface area contributed by atoms with Crippen LogP contribution in [-0.2, 0) is 4.79 Å². The zero-order chi connectivity index (χ0) is 18.0. The number of amides is 1. The second-order valence-corrected chi connectivity index (χ2v) is 6.66. The molecular formula is C20H24N2O3. The number of carbonyl (C=O) groups is 1. The minimum atomic E-state index is -0.491. The van der Waals surface area contributed by atoms with Crippen LogP contribution in [0.1, 0.15) is 19.4 Å². The fraction of sp³-hybridized carbons (Fsp3) is 0.350. The molecule has 0 fully saturated rings.